The number of aliphatic hydroxyl groups excluding tert-OH is 1. The van der Waals surface area contributed by atoms with E-state index < -0.39 is 20.0 Å². The van der Waals surface area contributed by atoms with E-state index in [0.717, 1.165) is 30.4 Å². The van der Waals surface area contributed by atoms with Crippen molar-refractivity contribution in [2.75, 3.05) is 18.1 Å². The SMILES string of the molecule is C[C@H]1[C@H]([Si](C)(C)O)[C@@H](CC(=O)N(CCO)Cc2ccccc2)O[C@]12C(=O)N(Cc1ccc(I)cc1)c1ccc(Br)cc12. The summed E-state index contributed by atoms with van der Waals surface area (Å²) in [7, 11) is -2.93. The Bertz CT molecular complexity index is 1450. The zero-order valence-electron chi connectivity index (χ0n) is 24.0. The lowest BCUT2D eigenvalue weighted by molar-refractivity contribution is -0.150. The molecule has 10 heteroatoms. The largest absolute Gasteiger partial charge is 0.432 e. The van der Waals surface area contributed by atoms with E-state index >= 15 is 0 Å². The second-order valence-electron chi connectivity index (χ2n) is 11.8. The summed E-state index contributed by atoms with van der Waals surface area (Å²) in [5.74, 6) is -0.720. The lowest BCUT2D eigenvalue weighted by Gasteiger charge is -2.32. The number of rotatable bonds is 9. The van der Waals surface area contributed by atoms with E-state index in [9.17, 15) is 19.5 Å². The molecule has 2 heterocycles. The zero-order valence-corrected chi connectivity index (χ0v) is 28.7. The molecule has 1 spiro atoms. The molecule has 1 saturated heterocycles. The summed E-state index contributed by atoms with van der Waals surface area (Å²) in [5, 5.41) is 9.74. The third-order valence-corrected chi connectivity index (χ3v) is 12.2. The van der Waals surface area contributed by atoms with Gasteiger partial charge in [-0.2, -0.15) is 0 Å². The molecule has 4 atom stereocenters. The van der Waals surface area contributed by atoms with Gasteiger partial charge in [0.05, 0.1) is 31.4 Å². The Morgan fingerprint density at radius 3 is 2.43 bits per heavy atom. The molecule has 3 aromatic rings. The van der Waals surface area contributed by atoms with E-state index in [2.05, 4.69) is 38.5 Å². The van der Waals surface area contributed by atoms with Crippen molar-refractivity contribution in [2.24, 2.45) is 5.92 Å². The molecule has 0 aromatic heterocycles. The molecule has 0 unspecified atom stereocenters. The van der Waals surface area contributed by atoms with Crippen LogP contribution in [0.1, 0.15) is 30.0 Å². The number of aliphatic hydroxyl groups is 1. The number of ether oxygens (including phenoxy) is 1. The second-order valence-corrected chi connectivity index (χ2v) is 17.9. The highest BCUT2D eigenvalue weighted by molar-refractivity contribution is 14.1. The highest BCUT2D eigenvalue weighted by atomic mass is 127. The predicted molar refractivity (Wildman–Crippen MR) is 177 cm³/mol. The number of hydrogen-bond donors (Lipinski definition) is 2. The Balaban J connectivity index is 1.50. The molecule has 2 N–H and O–H groups in total. The van der Waals surface area contributed by atoms with Gasteiger partial charge in [-0.1, -0.05) is 65.3 Å². The van der Waals surface area contributed by atoms with Gasteiger partial charge < -0.3 is 24.4 Å². The summed E-state index contributed by atoms with van der Waals surface area (Å²) in [5.41, 5.74) is 1.80. The monoisotopic (exact) mass is 762 g/mol. The third-order valence-electron chi connectivity index (χ3n) is 8.51. The molecule has 0 bridgehead atoms. The van der Waals surface area contributed by atoms with Crippen LogP contribution in [0.2, 0.25) is 18.6 Å². The Labute approximate surface area is 270 Å². The minimum absolute atomic E-state index is 0.00825. The normalized spacial score (nSPS) is 23.5. The maximum Gasteiger partial charge on any atom is 0.264 e. The van der Waals surface area contributed by atoms with E-state index in [1.807, 2.05) is 92.8 Å². The van der Waals surface area contributed by atoms with Crippen molar-refractivity contribution in [3.05, 3.63) is 97.5 Å². The smallest absolute Gasteiger partial charge is 0.264 e. The van der Waals surface area contributed by atoms with Gasteiger partial charge in [-0.25, -0.2) is 0 Å². The van der Waals surface area contributed by atoms with Gasteiger partial charge in [0.25, 0.3) is 5.91 Å². The van der Waals surface area contributed by atoms with Crippen LogP contribution in [0.15, 0.2) is 77.3 Å². The first-order chi connectivity index (χ1) is 20.0. The van der Waals surface area contributed by atoms with Crippen LogP contribution in [0.25, 0.3) is 0 Å². The van der Waals surface area contributed by atoms with Crippen molar-refractivity contribution in [3.63, 3.8) is 0 Å². The van der Waals surface area contributed by atoms with Crippen LogP contribution < -0.4 is 4.90 Å². The minimum Gasteiger partial charge on any atom is -0.432 e. The molecule has 1 fully saturated rings. The van der Waals surface area contributed by atoms with Crippen LogP contribution in [0.4, 0.5) is 5.69 Å². The first kappa shape index (κ1) is 31.3. The molecule has 0 aliphatic carbocycles. The molecule has 42 heavy (non-hydrogen) atoms. The average molecular weight is 764 g/mol. The number of hydrogen-bond acceptors (Lipinski definition) is 5. The fraction of sp³-hybridized carbons (Fsp3) is 0.375. The number of anilines is 1. The van der Waals surface area contributed by atoms with Crippen molar-refractivity contribution in [2.45, 2.75) is 56.8 Å². The summed E-state index contributed by atoms with van der Waals surface area (Å²) < 4.78 is 8.79. The molecule has 2 aliphatic rings. The van der Waals surface area contributed by atoms with Crippen molar-refractivity contribution in [1.29, 1.82) is 0 Å². The van der Waals surface area contributed by atoms with Gasteiger partial charge in [0, 0.05) is 38.2 Å². The van der Waals surface area contributed by atoms with Crippen LogP contribution in [0.3, 0.4) is 0 Å². The Kier molecular flexibility index (Phi) is 9.32. The number of carbonyl (C=O) groups is 2. The highest BCUT2D eigenvalue weighted by Gasteiger charge is 2.66. The molecular weight excluding hydrogens is 727 g/mol. The summed E-state index contributed by atoms with van der Waals surface area (Å²) in [4.78, 5) is 43.3. The lowest BCUT2D eigenvalue weighted by Crippen LogP contribution is -2.46. The van der Waals surface area contributed by atoms with E-state index in [-0.39, 0.29) is 42.8 Å². The van der Waals surface area contributed by atoms with Crippen molar-refractivity contribution >= 4 is 64.3 Å². The zero-order chi connectivity index (χ0) is 30.2. The second kappa shape index (κ2) is 12.5. The number of nitrogens with zero attached hydrogens (tertiary/aromatic N) is 2. The van der Waals surface area contributed by atoms with E-state index in [0.29, 0.717) is 13.1 Å². The van der Waals surface area contributed by atoms with E-state index in [1.165, 1.54) is 0 Å². The van der Waals surface area contributed by atoms with E-state index in [4.69, 9.17) is 4.74 Å². The summed E-state index contributed by atoms with van der Waals surface area (Å²) >= 11 is 5.86. The van der Waals surface area contributed by atoms with Crippen LogP contribution in [0, 0.1) is 9.49 Å². The standard InChI is InChI=1S/C32H36BrIN2O5Si/c1-21-30(42(2,3)40)28(18-29(38)35(15-16-37)19-22-7-5-4-6-8-22)41-32(21)26-17-24(33)11-14-27(26)36(31(32)39)20-23-9-12-25(34)13-10-23/h4-14,17,21,28,30,37,40H,15-16,18-20H2,1-3H3/t21-,28+,30-,32+/m0/s1. The van der Waals surface area contributed by atoms with Crippen molar-refractivity contribution in [1.82, 2.24) is 4.90 Å². The fourth-order valence-corrected chi connectivity index (χ4v) is 9.97. The maximum absolute atomic E-state index is 14.6. The topological polar surface area (TPSA) is 90.3 Å². The summed E-state index contributed by atoms with van der Waals surface area (Å²) in [6.45, 7) is 6.45. The van der Waals surface area contributed by atoms with Crippen LogP contribution in [0.5, 0.6) is 0 Å². The molecule has 2 aliphatic heterocycles. The molecule has 5 rings (SSSR count). The van der Waals surface area contributed by atoms with Gasteiger partial charge in [0.15, 0.2) is 13.9 Å². The van der Waals surface area contributed by atoms with Gasteiger partial charge in [0.2, 0.25) is 5.91 Å². The highest BCUT2D eigenvalue weighted by Crippen LogP contribution is 2.60. The molecule has 3 aromatic carbocycles. The van der Waals surface area contributed by atoms with Gasteiger partial charge in [-0.05, 0) is 77.1 Å². The molecule has 2 amide bonds. The Morgan fingerprint density at radius 1 is 1.10 bits per heavy atom. The van der Waals surface area contributed by atoms with E-state index in [1.54, 1.807) is 9.80 Å². The number of carbonyl (C=O) groups excluding carboxylic acids is 2. The maximum atomic E-state index is 14.6. The Hall–Kier alpha value is -2.09. The van der Waals surface area contributed by atoms with Gasteiger partial charge >= 0.3 is 0 Å². The Morgan fingerprint density at radius 2 is 1.79 bits per heavy atom. The molecule has 7 nitrogen and oxygen atoms in total. The first-order valence-electron chi connectivity index (χ1n) is 14.1. The van der Waals surface area contributed by atoms with Gasteiger partial charge in [-0.3, -0.25) is 9.59 Å². The number of halogens is 2. The van der Waals surface area contributed by atoms with Gasteiger partial charge in [0.1, 0.15) is 0 Å². The molecular formula is C32H36BrIN2O5Si. The summed E-state index contributed by atoms with van der Waals surface area (Å²) in [6.07, 6.45) is -0.654. The quantitative estimate of drug-likeness (QED) is 0.212. The summed E-state index contributed by atoms with van der Waals surface area (Å²) in [6, 6.07) is 23.5. The number of fused-ring (bicyclic) bond motifs is 2. The third kappa shape index (κ3) is 5.98. The fourth-order valence-electron chi connectivity index (χ4n) is 6.70. The van der Waals surface area contributed by atoms with Crippen LogP contribution in [-0.4, -0.2) is 54.2 Å². The number of benzene rings is 3. The van der Waals surface area contributed by atoms with Crippen LogP contribution in [-0.2, 0) is 33.0 Å². The predicted octanol–water partition coefficient (Wildman–Crippen LogP) is 5.81. The molecule has 222 valence electrons. The van der Waals surface area contributed by atoms with Crippen molar-refractivity contribution < 1.29 is 24.2 Å². The first-order valence-corrected chi connectivity index (χ1v) is 19.0. The van der Waals surface area contributed by atoms with Gasteiger partial charge in [-0.15, -0.1) is 0 Å². The average Bonchev–Trinajstić information content (AvgIpc) is 3.36. The molecule has 0 saturated carbocycles. The van der Waals surface area contributed by atoms with Crippen molar-refractivity contribution in [3.8, 4) is 0 Å². The van der Waals surface area contributed by atoms with Crippen LogP contribution >= 0.6 is 38.5 Å². The lowest BCUT2D eigenvalue weighted by atomic mass is 9.82. The minimum atomic E-state index is -2.93. The number of amides is 2. The molecule has 0 radical (unpaired) electrons.